The van der Waals surface area contributed by atoms with Crippen LogP contribution in [0.5, 0.6) is 0 Å². The van der Waals surface area contributed by atoms with Crippen molar-refractivity contribution in [3.05, 3.63) is 63.7 Å². The van der Waals surface area contributed by atoms with Gasteiger partial charge in [-0.25, -0.2) is 9.50 Å². The number of para-hydroxylation sites is 1. The van der Waals surface area contributed by atoms with Gasteiger partial charge < -0.3 is 4.98 Å². The van der Waals surface area contributed by atoms with Gasteiger partial charge in [0.25, 0.3) is 0 Å². The molecule has 0 spiro atoms. The Balaban J connectivity index is 2.11. The van der Waals surface area contributed by atoms with E-state index in [0.29, 0.717) is 5.65 Å². The maximum Gasteiger partial charge on any atom is 0.249 e. The smallest absolute Gasteiger partial charge is 0.249 e. The van der Waals surface area contributed by atoms with E-state index in [1.165, 1.54) is 0 Å². The van der Waals surface area contributed by atoms with Crippen molar-refractivity contribution in [2.45, 2.75) is 0 Å². The normalized spacial score (nSPS) is 11.3. The fourth-order valence-electron chi connectivity index (χ4n) is 2.47. The van der Waals surface area contributed by atoms with E-state index in [1.54, 1.807) is 23.0 Å². The molecule has 3 heterocycles. The quantitative estimate of drug-likeness (QED) is 0.579. The molecule has 0 saturated heterocycles. The maximum absolute atomic E-state index is 11.9. The third-order valence-electron chi connectivity index (χ3n) is 3.37. The fourth-order valence-corrected chi connectivity index (χ4v) is 2.77. The molecule has 21 heavy (non-hydrogen) atoms. The molecule has 1 N–H and O–H groups in total. The van der Waals surface area contributed by atoms with Crippen molar-refractivity contribution in [3.63, 3.8) is 0 Å². The standard InChI is InChI=1S/C15H9BrN4O/c16-9-6-17-15-12(7-18-20(15)8-9)11-5-14(21)19-13-4-2-1-3-10(11)13/h1-8H,(H,19,21). The van der Waals surface area contributed by atoms with Crippen molar-refractivity contribution in [2.24, 2.45) is 0 Å². The average molecular weight is 341 g/mol. The van der Waals surface area contributed by atoms with E-state index in [-0.39, 0.29) is 5.56 Å². The molecule has 4 rings (SSSR count). The van der Waals surface area contributed by atoms with Crippen molar-refractivity contribution in [2.75, 3.05) is 0 Å². The van der Waals surface area contributed by atoms with Gasteiger partial charge in [-0.05, 0) is 22.0 Å². The van der Waals surface area contributed by atoms with Gasteiger partial charge in [-0.3, -0.25) is 4.79 Å². The Morgan fingerprint density at radius 1 is 1.14 bits per heavy atom. The van der Waals surface area contributed by atoms with E-state index in [9.17, 15) is 4.79 Å². The molecule has 0 aliphatic rings. The van der Waals surface area contributed by atoms with Gasteiger partial charge in [0.15, 0.2) is 5.65 Å². The Kier molecular flexibility index (Phi) is 2.65. The van der Waals surface area contributed by atoms with Crippen LogP contribution in [0.3, 0.4) is 0 Å². The predicted molar refractivity (Wildman–Crippen MR) is 84.2 cm³/mol. The number of aromatic nitrogens is 4. The Hall–Kier alpha value is -2.47. The summed E-state index contributed by atoms with van der Waals surface area (Å²) >= 11 is 3.37. The second kappa shape index (κ2) is 4.53. The Morgan fingerprint density at radius 2 is 2.00 bits per heavy atom. The molecule has 0 fully saturated rings. The van der Waals surface area contributed by atoms with Gasteiger partial charge in [-0.15, -0.1) is 0 Å². The van der Waals surface area contributed by atoms with Crippen molar-refractivity contribution < 1.29 is 0 Å². The summed E-state index contributed by atoms with van der Waals surface area (Å²) in [7, 11) is 0. The van der Waals surface area contributed by atoms with Gasteiger partial charge in [0.05, 0.1) is 10.7 Å². The van der Waals surface area contributed by atoms with Crippen LogP contribution in [-0.4, -0.2) is 19.6 Å². The second-order valence-electron chi connectivity index (χ2n) is 4.69. The molecule has 4 aromatic rings. The monoisotopic (exact) mass is 340 g/mol. The summed E-state index contributed by atoms with van der Waals surface area (Å²) in [6.45, 7) is 0. The lowest BCUT2D eigenvalue weighted by atomic mass is 10.0. The number of pyridine rings is 1. The molecule has 0 unspecified atom stereocenters. The summed E-state index contributed by atoms with van der Waals surface area (Å²) in [5.41, 5.74) is 3.05. The van der Waals surface area contributed by atoms with E-state index in [2.05, 4.69) is 31.0 Å². The predicted octanol–water partition coefficient (Wildman–Crippen LogP) is 3.00. The highest BCUT2D eigenvalue weighted by Gasteiger charge is 2.12. The van der Waals surface area contributed by atoms with Crippen LogP contribution >= 0.6 is 15.9 Å². The molecule has 0 radical (unpaired) electrons. The highest BCUT2D eigenvalue weighted by atomic mass is 79.9. The summed E-state index contributed by atoms with van der Waals surface area (Å²) in [6, 6.07) is 9.29. The number of H-pyrrole nitrogens is 1. The van der Waals surface area contributed by atoms with Gasteiger partial charge in [0.2, 0.25) is 5.56 Å². The molecule has 102 valence electrons. The molecule has 0 bridgehead atoms. The number of nitrogens with one attached hydrogen (secondary N) is 1. The SMILES string of the molecule is O=c1cc(-c2cnn3cc(Br)cnc23)c2ccccc2[nH]1. The summed E-state index contributed by atoms with van der Waals surface area (Å²) in [5.74, 6) is 0. The van der Waals surface area contributed by atoms with Crippen LogP contribution < -0.4 is 5.56 Å². The number of benzene rings is 1. The topological polar surface area (TPSA) is 63.1 Å². The van der Waals surface area contributed by atoms with Crippen LogP contribution in [-0.2, 0) is 0 Å². The van der Waals surface area contributed by atoms with Gasteiger partial charge in [0, 0.05) is 40.5 Å². The molecule has 3 aromatic heterocycles. The Labute approximate surface area is 127 Å². The van der Waals surface area contributed by atoms with Crippen LogP contribution in [0.4, 0.5) is 0 Å². The molecule has 5 nitrogen and oxygen atoms in total. The van der Waals surface area contributed by atoms with E-state index >= 15 is 0 Å². The molecule has 6 heteroatoms. The summed E-state index contributed by atoms with van der Waals surface area (Å²) in [4.78, 5) is 19.1. The third-order valence-corrected chi connectivity index (χ3v) is 3.78. The van der Waals surface area contributed by atoms with Gasteiger partial charge in [0.1, 0.15) is 0 Å². The number of nitrogens with zero attached hydrogens (tertiary/aromatic N) is 3. The largest absolute Gasteiger partial charge is 0.322 e. The van der Waals surface area contributed by atoms with Gasteiger partial charge in [-0.1, -0.05) is 18.2 Å². The summed E-state index contributed by atoms with van der Waals surface area (Å²) in [5, 5.41) is 5.27. The van der Waals surface area contributed by atoms with Crippen LogP contribution in [0.15, 0.2) is 58.2 Å². The van der Waals surface area contributed by atoms with Crippen LogP contribution in [0.25, 0.3) is 27.7 Å². The van der Waals surface area contributed by atoms with Gasteiger partial charge >= 0.3 is 0 Å². The van der Waals surface area contributed by atoms with Crippen molar-refractivity contribution in [1.82, 2.24) is 19.6 Å². The number of hydrogen-bond acceptors (Lipinski definition) is 3. The van der Waals surface area contributed by atoms with E-state index in [1.807, 2.05) is 30.5 Å². The first-order valence-electron chi connectivity index (χ1n) is 6.34. The number of fused-ring (bicyclic) bond motifs is 2. The maximum atomic E-state index is 11.9. The zero-order chi connectivity index (χ0) is 14.4. The van der Waals surface area contributed by atoms with Gasteiger partial charge in [-0.2, -0.15) is 5.10 Å². The zero-order valence-electron chi connectivity index (χ0n) is 10.7. The van der Waals surface area contributed by atoms with Crippen LogP contribution in [0.2, 0.25) is 0 Å². The lowest BCUT2D eigenvalue weighted by molar-refractivity contribution is 0.933. The number of halogens is 1. The van der Waals surface area contributed by atoms with E-state index < -0.39 is 0 Å². The minimum atomic E-state index is -0.139. The molecular formula is C15H9BrN4O. The minimum Gasteiger partial charge on any atom is -0.322 e. The first-order valence-corrected chi connectivity index (χ1v) is 7.13. The van der Waals surface area contributed by atoms with Crippen LogP contribution in [0.1, 0.15) is 0 Å². The molecule has 0 atom stereocenters. The molecule has 0 saturated carbocycles. The minimum absolute atomic E-state index is 0.139. The second-order valence-corrected chi connectivity index (χ2v) is 5.61. The number of aromatic amines is 1. The highest BCUT2D eigenvalue weighted by molar-refractivity contribution is 9.10. The summed E-state index contributed by atoms with van der Waals surface area (Å²) in [6.07, 6.45) is 5.28. The lowest BCUT2D eigenvalue weighted by Gasteiger charge is -2.04. The third kappa shape index (κ3) is 1.95. The van der Waals surface area contributed by atoms with E-state index in [0.717, 1.165) is 26.5 Å². The first-order chi connectivity index (χ1) is 10.2. The highest BCUT2D eigenvalue weighted by Crippen LogP contribution is 2.28. The number of hydrogen-bond donors (Lipinski definition) is 1. The zero-order valence-corrected chi connectivity index (χ0v) is 12.3. The van der Waals surface area contributed by atoms with E-state index in [4.69, 9.17) is 0 Å². The van der Waals surface area contributed by atoms with Crippen molar-refractivity contribution >= 4 is 32.5 Å². The van der Waals surface area contributed by atoms with Crippen LogP contribution in [0, 0.1) is 0 Å². The average Bonchev–Trinajstić information content (AvgIpc) is 2.89. The van der Waals surface area contributed by atoms with Crippen molar-refractivity contribution in [1.29, 1.82) is 0 Å². The van der Waals surface area contributed by atoms with Crippen molar-refractivity contribution in [3.8, 4) is 11.1 Å². The number of rotatable bonds is 1. The molecule has 1 aromatic carbocycles. The lowest BCUT2D eigenvalue weighted by Crippen LogP contribution is -2.04. The Bertz CT molecular complexity index is 1030. The summed E-state index contributed by atoms with van der Waals surface area (Å²) < 4.78 is 2.54. The molecule has 0 aliphatic carbocycles. The Morgan fingerprint density at radius 3 is 2.90 bits per heavy atom. The fraction of sp³-hybridized carbons (Fsp3) is 0. The first kappa shape index (κ1) is 12.3. The molecular weight excluding hydrogens is 332 g/mol. The molecule has 0 aliphatic heterocycles. The molecule has 0 amide bonds.